The van der Waals surface area contributed by atoms with Crippen LogP contribution in [0.5, 0.6) is 0 Å². The molecule has 5 nitrogen and oxygen atoms in total. The molecule has 1 aromatic carbocycles. The smallest absolute Gasteiger partial charge is 0.354 e. The van der Waals surface area contributed by atoms with E-state index in [0.717, 1.165) is 18.7 Å². The van der Waals surface area contributed by atoms with Crippen molar-refractivity contribution in [1.29, 1.82) is 0 Å². The molecule has 2 N–H and O–H groups in total. The first-order valence-corrected chi connectivity index (χ1v) is 7.29. The molecule has 1 aromatic heterocycles. The van der Waals surface area contributed by atoms with Gasteiger partial charge in [0.05, 0.1) is 0 Å². The minimum atomic E-state index is -1.02. The van der Waals surface area contributed by atoms with Gasteiger partial charge in [-0.1, -0.05) is 37.3 Å². The van der Waals surface area contributed by atoms with Crippen molar-refractivity contribution in [3.63, 3.8) is 0 Å². The summed E-state index contributed by atoms with van der Waals surface area (Å²) in [5.41, 5.74) is 2.45. The fourth-order valence-electron chi connectivity index (χ4n) is 2.11. The summed E-state index contributed by atoms with van der Waals surface area (Å²) in [4.78, 5) is 17.2. The molecule has 0 amide bonds. The fourth-order valence-corrected chi connectivity index (χ4v) is 2.11. The lowest BCUT2D eigenvalue weighted by atomic mass is 10.1. The number of hydrogen-bond acceptors (Lipinski definition) is 4. The highest BCUT2D eigenvalue weighted by molar-refractivity contribution is 5.85. The Hall–Kier alpha value is -2.40. The molecular weight excluding hydrogens is 278 g/mol. The zero-order valence-electron chi connectivity index (χ0n) is 12.9. The molecule has 0 saturated carbocycles. The van der Waals surface area contributed by atoms with Crippen LogP contribution in [-0.2, 0) is 13.1 Å². The van der Waals surface area contributed by atoms with Gasteiger partial charge >= 0.3 is 5.97 Å². The highest BCUT2D eigenvalue weighted by atomic mass is 16.4. The first-order valence-electron chi connectivity index (χ1n) is 7.29. The van der Waals surface area contributed by atoms with Gasteiger partial charge in [0, 0.05) is 13.1 Å². The van der Waals surface area contributed by atoms with Gasteiger partial charge in [-0.15, -0.1) is 0 Å². The Morgan fingerprint density at radius 3 is 2.68 bits per heavy atom. The van der Waals surface area contributed by atoms with E-state index in [9.17, 15) is 4.79 Å². The topological polar surface area (TPSA) is 65.5 Å². The first kappa shape index (κ1) is 16.0. The minimum Gasteiger partial charge on any atom is -0.477 e. The summed E-state index contributed by atoms with van der Waals surface area (Å²) < 4.78 is 0. The molecule has 0 atom stereocenters. The number of aromatic nitrogens is 1. The summed E-state index contributed by atoms with van der Waals surface area (Å²) >= 11 is 0. The van der Waals surface area contributed by atoms with Crippen LogP contribution in [0.1, 0.15) is 28.5 Å². The molecule has 0 aliphatic rings. The van der Waals surface area contributed by atoms with E-state index in [1.807, 2.05) is 12.1 Å². The monoisotopic (exact) mass is 299 g/mol. The SMILES string of the molecule is CCN(C)Cc1cccc(CNc2cccc(C(=O)O)n2)c1. The van der Waals surface area contributed by atoms with E-state index in [2.05, 4.69) is 41.3 Å². The number of hydrogen-bond donors (Lipinski definition) is 2. The lowest BCUT2D eigenvalue weighted by molar-refractivity contribution is 0.0690. The third-order valence-electron chi connectivity index (χ3n) is 3.43. The number of carboxylic acids is 1. The van der Waals surface area contributed by atoms with Crippen LogP contribution in [-0.4, -0.2) is 34.6 Å². The Bertz CT molecular complexity index is 643. The van der Waals surface area contributed by atoms with Crippen LogP contribution in [0.3, 0.4) is 0 Å². The molecule has 5 heteroatoms. The van der Waals surface area contributed by atoms with Gasteiger partial charge in [0.25, 0.3) is 0 Å². The van der Waals surface area contributed by atoms with Crippen molar-refractivity contribution in [3.05, 3.63) is 59.3 Å². The van der Waals surface area contributed by atoms with Gasteiger partial charge in [-0.3, -0.25) is 0 Å². The van der Waals surface area contributed by atoms with E-state index in [1.54, 1.807) is 12.1 Å². The van der Waals surface area contributed by atoms with Gasteiger partial charge in [-0.2, -0.15) is 0 Å². The standard InChI is InChI=1S/C17H21N3O2/c1-3-20(2)12-14-7-4-6-13(10-14)11-18-16-9-5-8-15(19-16)17(21)22/h4-10H,3,11-12H2,1-2H3,(H,18,19)(H,21,22). The average Bonchev–Trinajstić information content (AvgIpc) is 2.53. The number of nitrogens with one attached hydrogen (secondary N) is 1. The molecule has 116 valence electrons. The average molecular weight is 299 g/mol. The second kappa shape index (κ2) is 7.56. The Balaban J connectivity index is 2.01. The molecule has 0 aliphatic carbocycles. The summed E-state index contributed by atoms with van der Waals surface area (Å²) in [6, 6.07) is 13.3. The van der Waals surface area contributed by atoms with E-state index >= 15 is 0 Å². The maximum Gasteiger partial charge on any atom is 0.354 e. The Kier molecular flexibility index (Phi) is 5.49. The lowest BCUT2D eigenvalue weighted by Crippen LogP contribution is -2.16. The van der Waals surface area contributed by atoms with Crippen molar-refractivity contribution in [2.75, 3.05) is 18.9 Å². The molecule has 0 unspecified atom stereocenters. The number of carbonyl (C=O) groups is 1. The number of nitrogens with zero attached hydrogens (tertiary/aromatic N) is 2. The van der Waals surface area contributed by atoms with Crippen molar-refractivity contribution in [3.8, 4) is 0 Å². The molecule has 0 fully saturated rings. The van der Waals surface area contributed by atoms with E-state index < -0.39 is 5.97 Å². The summed E-state index contributed by atoms with van der Waals surface area (Å²) in [6.07, 6.45) is 0. The lowest BCUT2D eigenvalue weighted by Gasteiger charge is -2.14. The molecule has 0 saturated heterocycles. The number of aromatic carboxylic acids is 1. The molecule has 0 aliphatic heterocycles. The summed E-state index contributed by atoms with van der Waals surface area (Å²) in [5, 5.41) is 12.1. The maximum absolute atomic E-state index is 10.9. The van der Waals surface area contributed by atoms with Crippen LogP contribution in [0.4, 0.5) is 5.82 Å². The maximum atomic E-state index is 10.9. The van der Waals surface area contributed by atoms with Crippen molar-refractivity contribution in [2.24, 2.45) is 0 Å². The van der Waals surface area contributed by atoms with Crippen LogP contribution < -0.4 is 5.32 Å². The number of rotatable bonds is 7. The zero-order chi connectivity index (χ0) is 15.9. The summed E-state index contributed by atoms with van der Waals surface area (Å²) in [5.74, 6) is -0.454. The summed E-state index contributed by atoms with van der Waals surface area (Å²) in [7, 11) is 2.09. The van der Waals surface area contributed by atoms with Crippen molar-refractivity contribution < 1.29 is 9.90 Å². The fraction of sp³-hybridized carbons (Fsp3) is 0.294. The van der Waals surface area contributed by atoms with Crippen molar-refractivity contribution in [1.82, 2.24) is 9.88 Å². The predicted octanol–water partition coefficient (Wildman–Crippen LogP) is 2.84. The molecule has 0 radical (unpaired) electrons. The second-order valence-corrected chi connectivity index (χ2v) is 5.22. The van der Waals surface area contributed by atoms with Gasteiger partial charge in [0.2, 0.25) is 0 Å². The largest absolute Gasteiger partial charge is 0.477 e. The van der Waals surface area contributed by atoms with Crippen LogP contribution in [0, 0.1) is 0 Å². The quantitative estimate of drug-likeness (QED) is 0.823. The highest BCUT2D eigenvalue weighted by Crippen LogP contribution is 2.11. The number of carboxylic acid groups (broad SMARTS) is 1. The van der Waals surface area contributed by atoms with Gasteiger partial charge in [-0.05, 0) is 36.9 Å². The molecule has 0 spiro atoms. The van der Waals surface area contributed by atoms with E-state index in [-0.39, 0.29) is 5.69 Å². The number of anilines is 1. The van der Waals surface area contributed by atoms with Crippen molar-refractivity contribution >= 4 is 11.8 Å². The molecule has 1 heterocycles. The molecule has 2 rings (SSSR count). The molecule has 2 aromatic rings. The molecule has 22 heavy (non-hydrogen) atoms. The number of pyridine rings is 1. The second-order valence-electron chi connectivity index (χ2n) is 5.22. The van der Waals surface area contributed by atoms with Gasteiger partial charge in [0.1, 0.15) is 5.82 Å². The Morgan fingerprint density at radius 2 is 1.95 bits per heavy atom. The highest BCUT2D eigenvalue weighted by Gasteiger charge is 2.05. The molecule has 0 bridgehead atoms. The van der Waals surface area contributed by atoms with Crippen LogP contribution >= 0.6 is 0 Å². The predicted molar refractivity (Wildman–Crippen MR) is 87.0 cm³/mol. The van der Waals surface area contributed by atoms with Crippen LogP contribution in [0.2, 0.25) is 0 Å². The van der Waals surface area contributed by atoms with Gasteiger partial charge in [-0.25, -0.2) is 9.78 Å². The normalized spacial score (nSPS) is 10.7. The number of benzene rings is 1. The zero-order valence-corrected chi connectivity index (χ0v) is 12.9. The third-order valence-corrected chi connectivity index (χ3v) is 3.43. The first-order chi connectivity index (χ1) is 10.6. The van der Waals surface area contributed by atoms with Gasteiger partial charge in [0.15, 0.2) is 5.69 Å². The van der Waals surface area contributed by atoms with E-state index in [1.165, 1.54) is 11.6 Å². The molecular formula is C17H21N3O2. The van der Waals surface area contributed by atoms with E-state index in [0.29, 0.717) is 12.4 Å². The van der Waals surface area contributed by atoms with Crippen molar-refractivity contribution in [2.45, 2.75) is 20.0 Å². The van der Waals surface area contributed by atoms with Crippen LogP contribution in [0.15, 0.2) is 42.5 Å². The minimum absolute atomic E-state index is 0.0447. The van der Waals surface area contributed by atoms with E-state index in [4.69, 9.17) is 5.11 Å². The third kappa shape index (κ3) is 4.56. The van der Waals surface area contributed by atoms with Crippen LogP contribution in [0.25, 0.3) is 0 Å². The van der Waals surface area contributed by atoms with Gasteiger partial charge < -0.3 is 15.3 Å². The Morgan fingerprint density at radius 1 is 1.23 bits per heavy atom. The summed E-state index contributed by atoms with van der Waals surface area (Å²) in [6.45, 7) is 4.66. The Labute approximate surface area is 130 Å².